The van der Waals surface area contributed by atoms with Crippen molar-refractivity contribution in [2.24, 2.45) is 0 Å². The Balaban J connectivity index is 3.16. The van der Waals surface area contributed by atoms with Crippen LogP contribution >= 0.6 is 11.6 Å². The maximum absolute atomic E-state index is 12.6. The number of halogens is 4. The van der Waals surface area contributed by atoms with E-state index in [0.717, 1.165) is 5.32 Å². The van der Waals surface area contributed by atoms with Crippen LogP contribution in [0.4, 0.5) is 13.2 Å². The van der Waals surface area contributed by atoms with Crippen molar-refractivity contribution in [1.29, 1.82) is 5.41 Å². The van der Waals surface area contributed by atoms with Crippen molar-refractivity contribution < 1.29 is 18.5 Å². The molecule has 0 amide bonds. The van der Waals surface area contributed by atoms with Gasteiger partial charge in [-0.2, -0.15) is 13.2 Å². The molecule has 1 rings (SSSR count). The van der Waals surface area contributed by atoms with Gasteiger partial charge in [-0.3, -0.25) is 10.4 Å². The first-order valence-corrected chi connectivity index (χ1v) is 5.01. The molecule has 0 unspecified atom stereocenters. The van der Waals surface area contributed by atoms with Crippen molar-refractivity contribution in [3.63, 3.8) is 0 Å². The number of nitrogens with two attached hydrogens (primary N) is 1. The van der Waals surface area contributed by atoms with Gasteiger partial charge in [-0.05, 0) is 12.1 Å². The van der Waals surface area contributed by atoms with Gasteiger partial charge >= 0.3 is 6.18 Å². The molecule has 0 aliphatic rings. The second-order valence-corrected chi connectivity index (χ2v) is 3.51. The summed E-state index contributed by atoms with van der Waals surface area (Å²) in [5.41, 5.74) is -1.18. The predicted octanol–water partition coefficient (Wildman–Crippen LogP) is 1.66. The van der Waals surface area contributed by atoms with E-state index >= 15 is 0 Å². The van der Waals surface area contributed by atoms with Crippen LogP contribution in [0.5, 0.6) is 0 Å². The maximum Gasteiger partial charge on any atom is 0.468 e. The zero-order valence-corrected chi connectivity index (χ0v) is 9.60. The Kier molecular flexibility index (Phi) is 4.25. The summed E-state index contributed by atoms with van der Waals surface area (Å²) >= 11 is 5.59. The number of pyridine rings is 1. The van der Waals surface area contributed by atoms with E-state index in [1.54, 1.807) is 0 Å². The molecular weight excluding hydrogens is 255 g/mol. The van der Waals surface area contributed by atoms with Crippen LogP contribution in [0.25, 0.3) is 0 Å². The minimum absolute atomic E-state index is 0.237. The van der Waals surface area contributed by atoms with Gasteiger partial charge in [-0.15, -0.1) is 0 Å². The molecule has 0 saturated carbocycles. The van der Waals surface area contributed by atoms with Gasteiger partial charge in [0, 0.05) is 18.0 Å². The van der Waals surface area contributed by atoms with E-state index < -0.39 is 22.6 Å². The minimum Gasteiger partial charge on any atom is -0.311 e. The van der Waals surface area contributed by atoms with Crippen molar-refractivity contribution in [1.82, 2.24) is 4.98 Å². The molecule has 7 heteroatoms. The Labute approximate surface area is 101 Å². The summed E-state index contributed by atoms with van der Waals surface area (Å²) < 4.78 is 37.7. The minimum atomic E-state index is -4.57. The number of hydrogen-bond donors (Lipinski definition) is 2. The van der Waals surface area contributed by atoms with Crippen LogP contribution in [0, 0.1) is 5.41 Å². The smallest absolute Gasteiger partial charge is 0.311 e. The Morgan fingerprint density at radius 2 is 2.12 bits per heavy atom. The van der Waals surface area contributed by atoms with Crippen LogP contribution in [0.15, 0.2) is 35.3 Å². The third-order valence-corrected chi connectivity index (χ3v) is 2.39. The molecule has 0 aliphatic carbocycles. The van der Waals surface area contributed by atoms with Crippen LogP contribution < -0.4 is 5.32 Å². The second kappa shape index (κ2) is 5.29. The largest absolute Gasteiger partial charge is 0.468 e. The predicted molar refractivity (Wildman–Crippen MR) is 57.8 cm³/mol. The molecule has 17 heavy (non-hydrogen) atoms. The lowest BCUT2D eigenvalue weighted by molar-refractivity contribution is -0.598. The summed E-state index contributed by atoms with van der Waals surface area (Å²) in [6.07, 6.45) is -1.82. The SMILES string of the molecule is C[NH2+]C(=C(Cl)C(=N)c1cccnc1)C(F)(F)F. The van der Waals surface area contributed by atoms with Gasteiger partial charge in [0.2, 0.25) is 5.70 Å². The van der Waals surface area contributed by atoms with Crippen molar-refractivity contribution >= 4 is 17.3 Å². The van der Waals surface area contributed by atoms with Crippen LogP contribution in [-0.2, 0) is 0 Å². The molecule has 3 N–H and O–H groups in total. The highest BCUT2D eigenvalue weighted by molar-refractivity contribution is 6.46. The molecule has 0 saturated heterocycles. The van der Waals surface area contributed by atoms with Crippen LogP contribution in [-0.4, -0.2) is 23.9 Å². The topological polar surface area (TPSA) is 53.4 Å². The normalized spacial score (nSPS) is 13.2. The van der Waals surface area contributed by atoms with Gasteiger partial charge < -0.3 is 5.32 Å². The first kappa shape index (κ1) is 13.7. The molecule has 1 aromatic rings. The summed E-state index contributed by atoms with van der Waals surface area (Å²) in [6.45, 7) is 0. The molecule has 1 aromatic heterocycles. The molecule has 92 valence electrons. The fourth-order valence-electron chi connectivity index (χ4n) is 1.19. The zero-order chi connectivity index (χ0) is 13.1. The summed E-state index contributed by atoms with van der Waals surface area (Å²) in [6, 6.07) is 3.00. The highest BCUT2D eigenvalue weighted by Gasteiger charge is 2.40. The zero-order valence-electron chi connectivity index (χ0n) is 8.85. The van der Waals surface area contributed by atoms with Gasteiger partial charge in [0.05, 0.1) is 12.8 Å². The third kappa shape index (κ3) is 3.28. The van der Waals surface area contributed by atoms with E-state index in [1.165, 1.54) is 31.6 Å². The standard InChI is InChI=1S/C10H9ClF3N3/c1-16-9(10(12,13)14)7(11)8(15)6-3-2-4-17-5-6/h2-5,15-16H,1H3/p+1. The van der Waals surface area contributed by atoms with Gasteiger partial charge in [-0.25, -0.2) is 0 Å². The number of quaternary nitrogens is 1. The van der Waals surface area contributed by atoms with Crippen LogP contribution in [0.1, 0.15) is 5.56 Å². The molecule has 1 heterocycles. The number of alkyl halides is 3. The monoisotopic (exact) mass is 264 g/mol. The molecular formula is C10H10ClF3N3+. The number of nitrogens with one attached hydrogen (secondary N) is 1. The summed E-state index contributed by atoms with van der Waals surface area (Å²) in [5, 5.41) is 7.81. The number of hydrogen-bond acceptors (Lipinski definition) is 2. The van der Waals surface area contributed by atoms with Crippen molar-refractivity contribution in [2.75, 3.05) is 7.05 Å². The number of aromatic nitrogens is 1. The molecule has 0 radical (unpaired) electrons. The summed E-state index contributed by atoms with van der Waals surface area (Å²) in [4.78, 5) is 3.72. The average molecular weight is 265 g/mol. The molecule has 0 atom stereocenters. The maximum atomic E-state index is 12.6. The lowest BCUT2D eigenvalue weighted by Crippen LogP contribution is -2.80. The lowest BCUT2D eigenvalue weighted by atomic mass is 10.1. The Hall–Kier alpha value is -1.40. The van der Waals surface area contributed by atoms with E-state index in [-0.39, 0.29) is 5.56 Å². The second-order valence-electron chi connectivity index (χ2n) is 3.13. The molecule has 0 aromatic carbocycles. The molecule has 0 bridgehead atoms. The lowest BCUT2D eigenvalue weighted by Gasteiger charge is -2.10. The summed E-state index contributed by atoms with van der Waals surface area (Å²) in [7, 11) is 1.22. The molecule has 0 spiro atoms. The third-order valence-electron chi connectivity index (χ3n) is 2.00. The van der Waals surface area contributed by atoms with Crippen LogP contribution in [0.3, 0.4) is 0 Å². The van der Waals surface area contributed by atoms with E-state index in [0.29, 0.717) is 0 Å². The highest BCUT2D eigenvalue weighted by atomic mass is 35.5. The average Bonchev–Trinajstić information content (AvgIpc) is 2.28. The highest BCUT2D eigenvalue weighted by Crippen LogP contribution is 2.26. The van der Waals surface area contributed by atoms with E-state index in [2.05, 4.69) is 4.98 Å². The van der Waals surface area contributed by atoms with Crippen molar-refractivity contribution in [3.05, 3.63) is 40.8 Å². The van der Waals surface area contributed by atoms with E-state index in [4.69, 9.17) is 17.0 Å². The Bertz CT molecular complexity index is 440. The van der Waals surface area contributed by atoms with Crippen molar-refractivity contribution in [3.8, 4) is 0 Å². The van der Waals surface area contributed by atoms with E-state index in [9.17, 15) is 13.2 Å². The number of rotatable bonds is 3. The molecule has 3 nitrogen and oxygen atoms in total. The number of nitrogens with zero attached hydrogens (tertiary/aromatic N) is 1. The number of allylic oxidation sites excluding steroid dienone is 2. The van der Waals surface area contributed by atoms with E-state index in [1.807, 2.05) is 0 Å². The quantitative estimate of drug-likeness (QED) is 0.802. The van der Waals surface area contributed by atoms with Crippen LogP contribution in [0.2, 0.25) is 0 Å². The van der Waals surface area contributed by atoms with Gasteiger partial charge in [-0.1, -0.05) is 11.6 Å². The first-order chi connectivity index (χ1) is 7.88. The summed E-state index contributed by atoms with van der Waals surface area (Å²) in [5.74, 6) is 0. The molecule has 0 fully saturated rings. The van der Waals surface area contributed by atoms with Gasteiger partial charge in [0.25, 0.3) is 0 Å². The van der Waals surface area contributed by atoms with Crippen molar-refractivity contribution in [2.45, 2.75) is 6.18 Å². The fourth-order valence-corrected chi connectivity index (χ4v) is 1.51. The molecule has 0 aliphatic heterocycles. The Morgan fingerprint density at radius 1 is 1.47 bits per heavy atom. The van der Waals surface area contributed by atoms with Gasteiger partial charge in [0.1, 0.15) is 5.03 Å². The van der Waals surface area contributed by atoms with Gasteiger partial charge in [0.15, 0.2) is 0 Å². The fraction of sp³-hybridized carbons (Fsp3) is 0.200. The first-order valence-electron chi connectivity index (χ1n) is 4.63. The Morgan fingerprint density at radius 3 is 2.53 bits per heavy atom.